The number of ether oxygens (including phenoxy) is 1. The molecule has 19 heavy (non-hydrogen) atoms. The van der Waals surface area contributed by atoms with E-state index < -0.39 is 0 Å². The van der Waals surface area contributed by atoms with Gasteiger partial charge in [0.05, 0.1) is 11.6 Å². The van der Waals surface area contributed by atoms with Gasteiger partial charge in [0, 0.05) is 31.3 Å². The van der Waals surface area contributed by atoms with E-state index in [9.17, 15) is 0 Å². The number of nitrogens with one attached hydrogen (secondary N) is 1. The van der Waals surface area contributed by atoms with E-state index in [1.54, 1.807) is 7.11 Å². The summed E-state index contributed by atoms with van der Waals surface area (Å²) in [6.07, 6.45) is 7.61. The normalized spacial score (nSPS) is 32.5. The molecule has 0 aliphatic heterocycles. The van der Waals surface area contributed by atoms with Crippen LogP contribution >= 0.6 is 11.3 Å². The highest BCUT2D eigenvalue weighted by molar-refractivity contribution is 7.11. The predicted molar refractivity (Wildman–Crippen MR) is 78.6 cm³/mol. The molecule has 0 aromatic carbocycles. The van der Waals surface area contributed by atoms with Crippen molar-refractivity contribution in [3.8, 4) is 0 Å². The second kappa shape index (κ2) is 5.51. The standard InChI is InChI=1S/C15H24N2OS/c1-11-17-9-14(19-11)8-15(10-16-3-4-18-2)6-12-5-13(12)7-15/h9,12-13,16H,3-8,10H2,1-2H3. The molecule has 2 aliphatic carbocycles. The molecule has 1 aromatic heterocycles. The van der Waals surface area contributed by atoms with Crippen LogP contribution < -0.4 is 5.32 Å². The second-order valence-electron chi connectivity index (χ2n) is 6.36. The van der Waals surface area contributed by atoms with Gasteiger partial charge < -0.3 is 10.1 Å². The zero-order chi connectivity index (χ0) is 13.3. The van der Waals surface area contributed by atoms with E-state index in [1.165, 1.54) is 35.6 Å². The number of aromatic nitrogens is 1. The zero-order valence-corrected chi connectivity index (χ0v) is 12.8. The van der Waals surface area contributed by atoms with Crippen LogP contribution in [0.2, 0.25) is 0 Å². The number of hydrogen-bond donors (Lipinski definition) is 1. The Balaban J connectivity index is 1.60. The van der Waals surface area contributed by atoms with Crippen molar-refractivity contribution < 1.29 is 4.74 Å². The van der Waals surface area contributed by atoms with Crippen LogP contribution in [0.4, 0.5) is 0 Å². The maximum absolute atomic E-state index is 5.12. The highest BCUT2D eigenvalue weighted by Gasteiger charge is 2.53. The molecule has 2 saturated carbocycles. The quantitative estimate of drug-likeness (QED) is 0.780. The van der Waals surface area contributed by atoms with Crippen molar-refractivity contribution in [2.45, 2.75) is 32.6 Å². The van der Waals surface area contributed by atoms with Crippen LogP contribution in [0.1, 0.15) is 29.1 Å². The molecule has 0 bridgehead atoms. The minimum atomic E-state index is 0.486. The predicted octanol–water partition coefficient (Wildman–Crippen LogP) is 2.65. The first-order valence-corrected chi connectivity index (χ1v) is 8.13. The molecule has 3 rings (SSSR count). The summed E-state index contributed by atoms with van der Waals surface area (Å²) in [5.74, 6) is 2.05. The molecular weight excluding hydrogens is 256 g/mol. The Kier molecular flexibility index (Phi) is 3.92. The minimum Gasteiger partial charge on any atom is -0.383 e. The summed E-state index contributed by atoms with van der Waals surface area (Å²) in [6, 6.07) is 0. The molecule has 1 N–H and O–H groups in total. The van der Waals surface area contributed by atoms with Crippen LogP contribution in [0.15, 0.2) is 6.20 Å². The fourth-order valence-electron chi connectivity index (χ4n) is 3.74. The lowest BCUT2D eigenvalue weighted by Gasteiger charge is -2.31. The van der Waals surface area contributed by atoms with Gasteiger partial charge in [0.15, 0.2) is 0 Å². The van der Waals surface area contributed by atoms with Gasteiger partial charge in [0.25, 0.3) is 0 Å². The van der Waals surface area contributed by atoms with Gasteiger partial charge in [-0.3, -0.25) is 0 Å². The lowest BCUT2D eigenvalue weighted by molar-refractivity contribution is 0.186. The molecule has 4 heteroatoms. The second-order valence-corrected chi connectivity index (χ2v) is 7.68. The van der Waals surface area contributed by atoms with E-state index in [0.717, 1.165) is 31.5 Å². The van der Waals surface area contributed by atoms with Crippen molar-refractivity contribution in [2.24, 2.45) is 17.3 Å². The fourth-order valence-corrected chi connectivity index (χ4v) is 4.71. The Hall–Kier alpha value is -0.450. The number of thiazole rings is 1. The molecule has 1 aromatic rings. The molecule has 1 heterocycles. The monoisotopic (exact) mass is 280 g/mol. The topological polar surface area (TPSA) is 34.1 Å². The maximum Gasteiger partial charge on any atom is 0.0896 e. The van der Waals surface area contributed by atoms with Crippen molar-refractivity contribution in [1.29, 1.82) is 0 Å². The summed E-state index contributed by atoms with van der Waals surface area (Å²) in [4.78, 5) is 5.87. The number of nitrogens with zero attached hydrogens (tertiary/aromatic N) is 1. The number of aryl methyl sites for hydroxylation is 1. The first-order valence-electron chi connectivity index (χ1n) is 7.32. The Morgan fingerprint density at radius 2 is 2.26 bits per heavy atom. The zero-order valence-electron chi connectivity index (χ0n) is 11.9. The van der Waals surface area contributed by atoms with Crippen molar-refractivity contribution in [3.63, 3.8) is 0 Å². The summed E-state index contributed by atoms with van der Waals surface area (Å²) in [5.41, 5.74) is 0.486. The van der Waals surface area contributed by atoms with Crippen molar-refractivity contribution in [2.75, 3.05) is 26.8 Å². The van der Waals surface area contributed by atoms with E-state index in [4.69, 9.17) is 4.74 Å². The van der Waals surface area contributed by atoms with Gasteiger partial charge in [-0.15, -0.1) is 11.3 Å². The van der Waals surface area contributed by atoms with Crippen LogP contribution in [0.25, 0.3) is 0 Å². The SMILES string of the molecule is COCCNCC1(Cc2cnc(C)s2)CC2CC2C1. The highest BCUT2D eigenvalue weighted by Crippen LogP contribution is 2.60. The molecule has 0 radical (unpaired) electrons. The average molecular weight is 280 g/mol. The largest absolute Gasteiger partial charge is 0.383 e. The fraction of sp³-hybridized carbons (Fsp3) is 0.800. The molecule has 2 unspecified atom stereocenters. The van der Waals surface area contributed by atoms with Gasteiger partial charge in [-0.1, -0.05) is 0 Å². The van der Waals surface area contributed by atoms with E-state index in [0.29, 0.717) is 5.41 Å². The lowest BCUT2D eigenvalue weighted by atomic mass is 9.79. The van der Waals surface area contributed by atoms with Gasteiger partial charge in [-0.25, -0.2) is 4.98 Å². The third kappa shape index (κ3) is 3.18. The van der Waals surface area contributed by atoms with Crippen molar-refractivity contribution in [3.05, 3.63) is 16.1 Å². The van der Waals surface area contributed by atoms with Gasteiger partial charge in [-0.05, 0) is 49.9 Å². The van der Waals surface area contributed by atoms with E-state index in [1.807, 2.05) is 11.3 Å². The van der Waals surface area contributed by atoms with Gasteiger partial charge in [0.2, 0.25) is 0 Å². The molecular formula is C15H24N2OS. The molecule has 0 saturated heterocycles. The Bertz CT molecular complexity index is 422. The van der Waals surface area contributed by atoms with Crippen LogP contribution in [0.5, 0.6) is 0 Å². The van der Waals surface area contributed by atoms with Crippen LogP contribution in [-0.4, -0.2) is 31.8 Å². The van der Waals surface area contributed by atoms with Gasteiger partial charge >= 0.3 is 0 Å². The number of hydrogen-bond acceptors (Lipinski definition) is 4. The highest BCUT2D eigenvalue weighted by atomic mass is 32.1. The summed E-state index contributed by atoms with van der Waals surface area (Å²) < 4.78 is 5.12. The van der Waals surface area contributed by atoms with Crippen LogP contribution in [0.3, 0.4) is 0 Å². The average Bonchev–Trinajstić information content (AvgIpc) is 2.81. The third-order valence-electron chi connectivity index (χ3n) is 4.66. The molecule has 0 amide bonds. The summed E-state index contributed by atoms with van der Waals surface area (Å²) in [7, 11) is 1.77. The molecule has 2 aliphatic rings. The van der Waals surface area contributed by atoms with Crippen LogP contribution in [-0.2, 0) is 11.2 Å². The molecule has 106 valence electrons. The van der Waals surface area contributed by atoms with Crippen molar-refractivity contribution in [1.82, 2.24) is 10.3 Å². The summed E-state index contributed by atoms with van der Waals surface area (Å²) in [5, 5.41) is 4.79. The number of fused-ring (bicyclic) bond motifs is 1. The molecule has 0 spiro atoms. The Morgan fingerprint density at radius 3 is 2.89 bits per heavy atom. The van der Waals surface area contributed by atoms with E-state index in [-0.39, 0.29) is 0 Å². The number of methoxy groups -OCH3 is 1. The first kappa shape index (κ1) is 13.5. The maximum atomic E-state index is 5.12. The van der Waals surface area contributed by atoms with Crippen molar-refractivity contribution >= 4 is 11.3 Å². The first-order chi connectivity index (χ1) is 9.21. The smallest absolute Gasteiger partial charge is 0.0896 e. The molecule has 2 atom stereocenters. The van der Waals surface area contributed by atoms with Gasteiger partial charge in [0.1, 0.15) is 0 Å². The van der Waals surface area contributed by atoms with E-state index in [2.05, 4.69) is 23.4 Å². The lowest BCUT2D eigenvalue weighted by Crippen LogP contribution is -2.36. The number of rotatable bonds is 7. The minimum absolute atomic E-state index is 0.486. The van der Waals surface area contributed by atoms with Gasteiger partial charge in [-0.2, -0.15) is 0 Å². The summed E-state index contributed by atoms with van der Waals surface area (Å²) >= 11 is 1.87. The van der Waals surface area contributed by atoms with Crippen LogP contribution in [0, 0.1) is 24.2 Å². The Morgan fingerprint density at radius 1 is 1.47 bits per heavy atom. The summed E-state index contributed by atoms with van der Waals surface area (Å²) in [6.45, 7) is 5.02. The molecule has 3 nitrogen and oxygen atoms in total. The Labute approximate surface area is 119 Å². The third-order valence-corrected chi connectivity index (χ3v) is 5.57. The van der Waals surface area contributed by atoms with E-state index >= 15 is 0 Å². The molecule has 2 fully saturated rings.